The maximum Gasteiger partial charge on any atom is 0.119 e. The van der Waals surface area contributed by atoms with Gasteiger partial charge >= 0.3 is 0 Å². The van der Waals surface area contributed by atoms with Crippen LogP contribution in [0.1, 0.15) is 30.9 Å². The van der Waals surface area contributed by atoms with Gasteiger partial charge in [-0.05, 0) is 79.6 Å². The number of piperidine rings is 1. The van der Waals surface area contributed by atoms with Crippen molar-refractivity contribution in [1.29, 1.82) is 0 Å². The largest absolute Gasteiger partial charge is 0.497 e. The normalized spacial score (nSPS) is 20.1. The Kier molecular flexibility index (Phi) is 8.62. The van der Waals surface area contributed by atoms with Crippen molar-refractivity contribution in [2.45, 2.75) is 30.3 Å². The van der Waals surface area contributed by atoms with Gasteiger partial charge in [-0.25, -0.2) is 0 Å². The number of rotatable bonds is 10. The maximum atomic E-state index is 11.0. The molecule has 0 unspecified atom stereocenters. The minimum absolute atomic E-state index is 0.207. The summed E-state index contributed by atoms with van der Waals surface area (Å²) in [6.07, 6.45) is 3.87. The average Bonchev–Trinajstić information content (AvgIpc) is 2.87. The van der Waals surface area contributed by atoms with Gasteiger partial charge in [-0.2, -0.15) is 0 Å². The Morgan fingerprint density at radius 2 is 2.00 bits per heavy atom. The summed E-state index contributed by atoms with van der Waals surface area (Å²) in [6.45, 7) is 3.23. The first kappa shape index (κ1) is 24.0. The molecule has 1 aliphatic heterocycles. The smallest absolute Gasteiger partial charge is 0.119 e. The van der Waals surface area contributed by atoms with Crippen molar-refractivity contribution in [1.82, 2.24) is 9.88 Å². The number of fused-ring (bicyclic) bond motifs is 1. The number of ether oxygens (including phenoxy) is 1. The van der Waals surface area contributed by atoms with Crippen LogP contribution in [0.15, 0.2) is 65.7 Å². The van der Waals surface area contributed by atoms with Gasteiger partial charge in [-0.3, -0.25) is 4.98 Å². The van der Waals surface area contributed by atoms with Crippen LogP contribution in [-0.4, -0.2) is 59.2 Å². The lowest BCUT2D eigenvalue weighted by Crippen LogP contribution is -2.43. The molecule has 0 spiro atoms. The van der Waals surface area contributed by atoms with Crippen molar-refractivity contribution in [3.63, 3.8) is 0 Å². The van der Waals surface area contributed by atoms with Gasteiger partial charge < -0.3 is 19.8 Å². The first-order chi connectivity index (χ1) is 16.2. The zero-order valence-corrected chi connectivity index (χ0v) is 20.1. The highest BCUT2D eigenvalue weighted by atomic mass is 32.2. The second kappa shape index (κ2) is 11.8. The predicted molar refractivity (Wildman–Crippen MR) is 135 cm³/mol. The first-order valence-corrected chi connectivity index (χ1v) is 12.8. The molecule has 1 aliphatic rings. The van der Waals surface area contributed by atoms with Gasteiger partial charge in [0.15, 0.2) is 0 Å². The number of pyridine rings is 1. The minimum Gasteiger partial charge on any atom is -0.497 e. The highest BCUT2D eigenvalue weighted by molar-refractivity contribution is 7.99. The summed E-state index contributed by atoms with van der Waals surface area (Å²) in [5.41, 5.74) is 1.76. The molecule has 0 saturated carbocycles. The third-order valence-corrected chi connectivity index (χ3v) is 7.77. The SMILES string of the molecule is COc1ccc2nccc([C@H](O)CC[C@@H]3CCN(CCSc4ccccc4)C[C@@H]3CO)c2c1. The van der Waals surface area contributed by atoms with Crippen molar-refractivity contribution in [3.05, 3.63) is 66.4 Å². The maximum absolute atomic E-state index is 11.0. The average molecular weight is 467 g/mol. The van der Waals surface area contributed by atoms with Crippen LogP contribution in [0.5, 0.6) is 5.75 Å². The summed E-state index contributed by atoms with van der Waals surface area (Å²) in [5.74, 6) is 2.53. The second-order valence-electron chi connectivity index (χ2n) is 8.83. The van der Waals surface area contributed by atoms with Crippen molar-refractivity contribution in [2.75, 3.05) is 39.1 Å². The van der Waals surface area contributed by atoms with Crippen molar-refractivity contribution < 1.29 is 14.9 Å². The molecule has 1 aromatic heterocycles. The van der Waals surface area contributed by atoms with Crippen molar-refractivity contribution in [2.24, 2.45) is 11.8 Å². The summed E-state index contributed by atoms with van der Waals surface area (Å²) >= 11 is 1.89. The lowest BCUT2D eigenvalue weighted by atomic mass is 9.81. The summed E-state index contributed by atoms with van der Waals surface area (Å²) < 4.78 is 5.36. The Balaban J connectivity index is 1.30. The quantitative estimate of drug-likeness (QED) is 0.419. The van der Waals surface area contributed by atoms with Gasteiger partial charge in [0.2, 0.25) is 0 Å². The van der Waals surface area contributed by atoms with Crippen LogP contribution in [0, 0.1) is 11.8 Å². The molecule has 33 heavy (non-hydrogen) atoms. The third kappa shape index (κ3) is 6.27. The van der Waals surface area contributed by atoms with Crippen molar-refractivity contribution >= 4 is 22.7 Å². The molecule has 4 rings (SSSR count). The third-order valence-electron chi connectivity index (χ3n) is 6.78. The number of hydrogen-bond acceptors (Lipinski definition) is 6. The highest BCUT2D eigenvalue weighted by Crippen LogP contribution is 2.33. The van der Waals surface area contributed by atoms with Crippen LogP contribution in [0.3, 0.4) is 0 Å². The van der Waals surface area contributed by atoms with Gasteiger partial charge in [0.25, 0.3) is 0 Å². The zero-order valence-electron chi connectivity index (χ0n) is 19.3. The fourth-order valence-corrected chi connectivity index (χ4v) is 5.78. The summed E-state index contributed by atoms with van der Waals surface area (Å²) in [5, 5.41) is 22.0. The number of methoxy groups -OCH3 is 1. The fraction of sp³-hybridized carbons (Fsp3) is 0.444. The Morgan fingerprint density at radius 3 is 2.79 bits per heavy atom. The summed E-state index contributed by atoms with van der Waals surface area (Å²) in [4.78, 5) is 8.21. The Bertz CT molecular complexity index is 1020. The number of hydrogen-bond donors (Lipinski definition) is 2. The van der Waals surface area contributed by atoms with Gasteiger partial charge in [-0.15, -0.1) is 11.8 Å². The number of nitrogens with zero attached hydrogens (tertiary/aromatic N) is 2. The molecular weight excluding hydrogens is 432 g/mol. The lowest BCUT2D eigenvalue weighted by Gasteiger charge is -2.38. The van der Waals surface area contributed by atoms with Gasteiger partial charge in [0.05, 0.1) is 18.7 Å². The molecule has 0 bridgehead atoms. The van der Waals surface area contributed by atoms with Gasteiger partial charge in [0.1, 0.15) is 5.75 Å². The number of aliphatic hydroxyl groups excluding tert-OH is 2. The molecule has 0 radical (unpaired) electrons. The molecule has 1 fully saturated rings. The van der Waals surface area contributed by atoms with Gasteiger partial charge in [-0.1, -0.05) is 18.2 Å². The molecule has 0 amide bonds. The van der Waals surface area contributed by atoms with E-state index in [1.807, 2.05) is 42.1 Å². The number of aliphatic hydroxyl groups is 2. The highest BCUT2D eigenvalue weighted by Gasteiger charge is 2.29. The molecule has 176 valence electrons. The first-order valence-electron chi connectivity index (χ1n) is 11.8. The molecule has 2 aromatic carbocycles. The lowest BCUT2D eigenvalue weighted by molar-refractivity contribution is 0.0608. The Hall–Kier alpha value is -2.12. The molecule has 3 atom stereocenters. The molecule has 2 N–H and O–H groups in total. The zero-order chi connectivity index (χ0) is 23.0. The molecule has 6 heteroatoms. The van der Waals surface area contributed by atoms with E-state index in [2.05, 4.69) is 34.1 Å². The second-order valence-corrected chi connectivity index (χ2v) is 10.00. The van der Waals surface area contributed by atoms with Crippen LogP contribution in [0.4, 0.5) is 0 Å². The predicted octanol–water partition coefficient (Wildman–Crippen LogP) is 4.78. The molecule has 5 nitrogen and oxygen atoms in total. The minimum atomic E-state index is -0.553. The molecule has 0 aliphatic carbocycles. The van der Waals surface area contributed by atoms with E-state index in [-0.39, 0.29) is 12.5 Å². The summed E-state index contributed by atoms with van der Waals surface area (Å²) in [7, 11) is 1.65. The van der Waals surface area contributed by atoms with Crippen LogP contribution >= 0.6 is 11.8 Å². The monoisotopic (exact) mass is 466 g/mol. The Labute approximate surface area is 200 Å². The topological polar surface area (TPSA) is 65.8 Å². The molecule has 3 aromatic rings. The molecule has 1 saturated heterocycles. The fourth-order valence-electron chi connectivity index (χ4n) is 4.85. The Morgan fingerprint density at radius 1 is 1.15 bits per heavy atom. The van der Waals surface area contributed by atoms with E-state index >= 15 is 0 Å². The van der Waals surface area contributed by atoms with E-state index in [0.29, 0.717) is 12.3 Å². The van der Waals surface area contributed by atoms with E-state index in [0.717, 1.165) is 60.4 Å². The van der Waals surface area contributed by atoms with Crippen LogP contribution in [0.25, 0.3) is 10.9 Å². The van der Waals surface area contributed by atoms with Crippen molar-refractivity contribution in [3.8, 4) is 5.75 Å². The van der Waals surface area contributed by atoms with Gasteiger partial charge in [0, 0.05) is 41.9 Å². The summed E-state index contributed by atoms with van der Waals surface area (Å²) in [6, 6.07) is 18.2. The number of likely N-dealkylation sites (tertiary alicyclic amines) is 1. The van der Waals surface area contributed by atoms with E-state index < -0.39 is 6.10 Å². The van der Waals surface area contributed by atoms with E-state index in [1.165, 1.54) is 4.90 Å². The van der Waals surface area contributed by atoms with E-state index in [9.17, 15) is 10.2 Å². The molecular formula is C27H34N2O3S. The van der Waals surface area contributed by atoms with Crippen LogP contribution < -0.4 is 4.74 Å². The van der Waals surface area contributed by atoms with Crippen LogP contribution in [0.2, 0.25) is 0 Å². The standard InChI is InChI=1S/C27H34N2O3S/c1-32-22-8-9-26-25(17-22)24(11-13-28-26)27(31)10-7-20-12-14-29(18-21(20)19-30)15-16-33-23-5-3-2-4-6-23/h2-6,8-9,11,13,17,20-21,27,30-31H,7,10,12,14-16,18-19H2,1H3/t20-,21-,27-/m1/s1. The number of thioether (sulfide) groups is 1. The van der Waals surface area contributed by atoms with E-state index in [4.69, 9.17) is 4.74 Å². The van der Waals surface area contributed by atoms with E-state index in [1.54, 1.807) is 13.3 Å². The number of benzene rings is 2. The number of aromatic nitrogens is 1. The van der Waals surface area contributed by atoms with Crippen LogP contribution in [-0.2, 0) is 0 Å². The molecule has 2 heterocycles.